The summed E-state index contributed by atoms with van der Waals surface area (Å²) >= 11 is 1.49. The van der Waals surface area contributed by atoms with Crippen molar-refractivity contribution in [3.8, 4) is 5.75 Å². The minimum atomic E-state index is -0.359. The number of carbonyl (C=O) groups is 2. The van der Waals surface area contributed by atoms with Crippen molar-refractivity contribution >= 4 is 28.2 Å². The summed E-state index contributed by atoms with van der Waals surface area (Å²) in [5.41, 5.74) is 2.07. The van der Waals surface area contributed by atoms with Crippen molar-refractivity contribution in [2.45, 2.75) is 46.1 Å². The van der Waals surface area contributed by atoms with E-state index in [2.05, 4.69) is 12.2 Å². The van der Waals surface area contributed by atoms with Gasteiger partial charge in [0, 0.05) is 10.4 Å². The van der Waals surface area contributed by atoms with Crippen LogP contribution in [0.15, 0.2) is 24.3 Å². The summed E-state index contributed by atoms with van der Waals surface area (Å²) in [5, 5.41) is 3.51. The molecule has 2 aromatic rings. The Morgan fingerprint density at radius 3 is 2.56 bits per heavy atom. The second-order valence-electron chi connectivity index (χ2n) is 7.19. The van der Waals surface area contributed by atoms with Gasteiger partial charge in [0.05, 0.1) is 18.8 Å². The molecule has 1 aliphatic rings. The minimum Gasteiger partial charge on any atom is -0.497 e. The summed E-state index contributed by atoms with van der Waals surface area (Å²) < 4.78 is 10.6. The quantitative estimate of drug-likeness (QED) is 0.756. The standard InChI is InChI=1S/C21H25NO4S/c1-12(2)26-21(24)18-16-10-5-13(3)11-17(16)27-20(18)22-19(23)14-6-8-15(25-4)9-7-14/h6-9,12-13H,5,10-11H2,1-4H3,(H,22,23)/t13-/m0/s1. The number of hydrogen-bond acceptors (Lipinski definition) is 5. The minimum absolute atomic E-state index is 0.208. The average Bonchev–Trinajstić information content (AvgIpc) is 2.98. The summed E-state index contributed by atoms with van der Waals surface area (Å²) in [6.07, 6.45) is 2.60. The zero-order chi connectivity index (χ0) is 19.6. The molecule has 1 heterocycles. The van der Waals surface area contributed by atoms with Gasteiger partial charge in [-0.3, -0.25) is 4.79 Å². The Kier molecular flexibility index (Phi) is 5.85. The van der Waals surface area contributed by atoms with E-state index in [0.29, 0.717) is 27.8 Å². The molecular weight excluding hydrogens is 362 g/mol. The molecule has 1 aromatic carbocycles. The van der Waals surface area contributed by atoms with E-state index in [4.69, 9.17) is 9.47 Å². The maximum atomic E-state index is 12.7. The molecule has 1 aromatic heterocycles. The van der Waals surface area contributed by atoms with E-state index in [1.54, 1.807) is 31.4 Å². The molecule has 1 atom stereocenters. The van der Waals surface area contributed by atoms with E-state index >= 15 is 0 Å². The number of anilines is 1. The van der Waals surface area contributed by atoms with Crippen LogP contribution in [0.4, 0.5) is 5.00 Å². The van der Waals surface area contributed by atoms with Gasteiger partial charge in [-0.1, -0.05) is 6.92 Å². The largest absolute Gasteiger partial charge is 0.497 e. The van der Waals surface area contributed by atoms with Crippen molar-refractivity contribution in [1.29, 1.82) is 0 Å². The Balaban J connectivity index is 1.91. The third-order valence-corrected chi connectivity index (χ3v) is 5.81. The van der Waals surface area contributed by atoms with Gasteiger partial charge in [0.1, 0.15) is 10.8 Å². The maximum absolute atomic E-state index is 12.7. The van der Waals surface area contributed by atoms with Crippen LogP contribution < -0.4 is 10.1 Å². The van der Waals surface area contributed by atoms with Crippen LogP contribution in [0.1, 0.15) is 58.3 Å². The summed E-state index contributed by atoms with van der Waals surface area (Å²) in [5.74, 6) is 0.661. The van der Waals surface area contributed by atoms with Crippen LogP contribution in [0.2, 0.25) is 0 Å². The number of fused-ring (bicyclic) bond motifs is 1. The number of ether oxygens (including phenoxy) is 2. The zero-order valence-electron chi connectivity index (χ0n) is 16.1. The molecule has 1 N–H and O–H groups in total. The van der Waals surface area contributed by atoms with Crippen LogP contribution in [0, 0.1) is 5.92 Å². The van der Waals surface area contributed by atoms with Crippen molar-refractivity contribution in [3.63, 3.8) is 0 Å². The highest BCUT2D eigenvalue weighted by atomic mass is 32.1. The number of esters is 1. The first kappa shape index (κ1) is 19.4. The number of rotatable bonds is 5. The van der Waals surface area contributed by atoms with Gasteiger partial charge in [-0.2, -0.15) is 0 Å². The second kappa shape index (κ2) is 8.13. The molecule has 6 heteroatoms. The molecule has 27 heavy (non-hydrogen) atoms. The zero-order valence-corrected chi connectivity index (χ0v) is 16.9. The smallest absolute Gasteiger partial charge is 0.341 e. The van der Waals surface area contributed by atoms with Crippen molar-refractivity contribution in [2.75, 3.05) is 12.4 Å². The molecule has 0 aliphatic heterocycles. The van der Waals surface area contributed by atoms with Crippen LogP contribution in [-0.2, 0) is 17.6 Å². The van der Waals surface area contributed by atoms with Crippen molar-refractivity contribution < 1.29 is 19.1 Å². The number of benzene rings is 1. The lowest BCUT2D eigenvalue weighted by Gasteiger charge is -2.18. The van der Waals surface area contributed by atoms with E-state index in [9.17, 15) is 9.59 Å². The highest BCUT2D eigenvalue weighted by Gasteiger charge is 2.29. The maximum Gasteiger partial charge on any atom is 0.341 e. The fourth-order valence-electron chi connectivity index (χ4n) is 3.25. The van der Waals surface area contributed by atoms with Gasteiger partial charge in [0.2, 0.25) is 0 Å². The lowest BCUT2D eigenvalue weighted by atomic mass is 9.88. The molecule has 144 valence electrons. The van der Waals surface area contributed by atoms with E-state index in [1.807, 2.05) is 13.8 Å². The van der Waals surface area contributed by atoms with E-state index in [0.717, 1.165) is 24.8 Å². The first-order valence-corrected chi connectivity index (χ1v) is 10.0. The van der Waals surface area contributed by atoms with Gasteiger partial charge in [0.25, 0.3) is 5.91 Å². The van der Waals surface area contributed by atoms with Crippen molar-refractivity contribution in [3.05, 3.63) is 45.8 Å². The SMILES string of the molecule is COc1ccc(C(=O)Nc2sc3c(c2C(=O)OC(C)C)CC[C@H](C)C3)cc1. The molecule has 5 nitrogen and oxygen atoms in total. The Morgan fingerprint density at radius 1 is 1.22 bits per heavy atom. The highest BCUT2D eigenvalue weighted by Crippen LogP contribution is 2.40. The first-order valence-electron chi connectivity index (χ1n) is 9.20. The molecule has 0 radical (unpaired) electrons. The van der Waals surface area contributed by atoms with Gasteiger partial charge in [-0.05, 0) is 68.9 Å². The number of hydrogen-bond donors (Lipinski definition) is 1. The Morgan fingerprint density at radius 2 is 1.93 bits per heavy atom. The lowest BCUT2D eigenvalue weighted by Crippen LogP contribution is -2.18. The molecule has 0 fully saturated rings. The monoisotopic (exact) mass is 387 g/mol. The summed E-state index contributed by atoms with van der Waals surface area (Å²) in [7, 11) is 1.58. The van der Waals surface area contributed by atoms with E-state index < -0.39 is 0 Å². The molecule has 0 bridgehead atoms. The van der Waals surface area contributed by atoms with Crippen LogP contribution in [-0.4, -0.2) is 25.1 Å². The molecule has 3 rings (SSSR count). The van der Waals surface area contributed by atoms with E-state index in [1.165, 1.54) is 16.2 Å². The van der Waals surface area contributed by atoms with Crippen molar-refractivity contribution in [1.82, 2.24) is 0 Å². The number of amides is 1. The predicted octanol–water partition coefficient (Wildman–Crippen LogP) is 4.70. The van der Waals surface area contributed by atoms with Crippen LogP contribution in [0.3, 0.4) is 0 Å². The summed E-state index contributed by atoms with van der Waals surface area (Å²) in [6.45, 7) is 5.87. The number of nitrogens with one attached hydrogen (secondary N) is 1. The number of methoxy groups -OCH3 is 1. The third-order valence-electron chi connectivity index (χ3n) is 4.64. The average molecular weight is 388 g/mol. The molecule has 0 unspecified atom stereocenters. The molecule has 1 amide bonds. The summed E-state index contributed by atoms with van der Waals surface area (Å²) in [6, 6.07) is 6.89. The second-order valence-corrected chi connectivity index (χ2v) is 8.30. The lowest BCUT2D eigenvalue weighted by molar-refractivity contribution is 0.0378. The Bertz CT molecular complexity index is 839. The number of thiophene rings is 1. The van der Waals surface area contributed by atoms with Gasteiger partial charge >= 0.3 is 5.97 Å². The third kappa shape index (κ3) is 4.33. The van der Waals surface area contributed by atoms with Gasteiger partial charge < -0.3 is 14.8 Å². The molecule has 0 saturated carbocycles. The Labute approximate surface area is 163 Å². The van der Waals surface area contributed by atoms with Crippen LogP contribution in [0.5, 0.6) is 5.75 Å². The van der Waals surface area contributed by atoms with Crippen molar-refractivity contribution in [2.24, 2.45) is 5.92 Å². The van der Waals surface area contributed by atoms with Crippen LogP contribution in [0.25, 0.3) is 0 Å². The van der Waals surface area contributed by atoms with Gasteiger partial charge in [-0.25, -0.2) is 4.79 Å². The fourth-order valence-corrected chi connectivity index (χ4v) is 4.64. The molecule has 0 spiro atoms. The van der Waals surface area contributed by atoms with Gasteiger partial charge in [0.15, 0.2) is 0 Å². The molecule has 1 aliphatic carbocycles. The first-order chi connectivity index (χ1) is 12.9. The fraction of sp³-hybridized carbons (Fsp3) is 0.429. The van der Waals surface area contributed by atoms with Gasteiger partial charge in [-0.15, -0.1) is 11.3 Å². The van der Waals surface area contributed by atoms with Crippen LogP contribution >= 0.6 is 11.3 Å². The number of carbonyl (C=O) groups excluding carboxylic acids is 2. The Hall–Kier alpha value is -2.34. The summed E-state index contributed by atoms with van der Waals surface area (Å²) in [4.78, 5) is 26.6. The normalized spacial score (nSPS) is 16.0. The predicted molar refractivity (Wildman–Crippen MR) is 107 cm³/mol. The topological polar surface area (TPSA) is 64.6 Å². The molecular formula is C21H25NO4S. The van der Waals surface area contributed by atoms with E-state index in [-0.39, 0.29) is 18.0 Å². The highest BCUT2D eigenvalue weighted by molar-refractivity contribution is 7.17. The molecule has 0 saturated heterocycles.